The summed E-state index contributed by atoms with van der Waals surface area (Å²) in [5.41, 5.74) is -0.140. The van der Waals surface area contributed by atoms with Crippen molar-refractivity contribution in [2.45, 2.75) is 6.10 Å². The average molecular weight is 349 g/mol. The van der Waals surface area contributed by atoms with Crippen LogP contribution in [0.3, 0.4) is 0 Å². The van der Waals surface area contributed by atoms with Gasteiger partial charge in [-0.15, -0.1) is 0 Å². The largest absolute Gasteiger partial charge is 0.483 e. The van der Waals surface area contributed by atoms with Crippen LogP contribution in [0.4, 0.5) is 5.69 Å². The number of para-hydroxylation sites is 1. The van der Waals surface area contributed by atoms with Crippen molar-refractivity contribution in [3.8, 4) is 5.75 Å². The molecule has 0 aliphatic carbocycles. The zero-order chi connectivity index (χ0) is 15.0. The SMILES string of the molecule is COCCNCC(O)COc1c(Br)cccc1[N+](=O)[O-]. The van der Waals surface area contributed by atoms with Crippen molar-refractivity contribution in [3.63, 3.8) is 0 Å². The van der Waals surface area contributed by atoms with Crippen LogP contribution in [0.5, 0.6) is 5.75 Å². The minimum atomic E-state index is -0.765. The first-order valence-electron chi connectivity index (χ1n) is 5.99. The standard InChI is InChI=1S/C12H17BrN2O5/c1-19-6-5-14-7-9(16)8-20-12-10(13)3-2-4-11(12)15(17)18/h2-4,9,14,16H,5-8H2,1H3. The number of aliphatic hydroxyl groups excluding tert-OH is 1. The molecule has 0 aromatic heterocycles. The van der Waals surface area contributed by atoms with E-state index in [-0.39, 0.29) is 18.0 Å². The Morgan fingerprint density at radius 3 is 2.95 bits per heavy atom. The molecule has 1 aromatic rings. The molecule has 2 N–H and O–H groups in total. The van der Waals surface area contributed by atoms with Crippen LogP contribution in [0, 0.1) is 10.1 Å². The summed E-state index contributed by atoms with van der Waals surface area (Å²) in [5, 5.41) is 23.6. The van der Waals surface area contributed by atoms with E-state index in [0.717, 1.165) is 0 Å². The van der Waals surface area contributed by atoms with Gasteiger partial charge in [-0.2, -0.15) is 0 Å². The molecule has 1 aromatic carbocycles. The monoisotopic (exact) mass is 348 g/mol. The van der Waals surface area contributed by atoms with Gasteiger partial charge in [0.25, 0.3) is 0 Å². The second-order valence-electron chi connectivity index (χ2n) is 4.01. The molecule has 1 atom stereocenters. The fourth-order valence-electron chi connectivity index (χ4n) is 1.47. The molecule has 8 heteroatoms. The molecule has 7 nitrogen and oxygen atoms in total. The Morgan fingerprint density at radius 1 is 1.55 bits per heavy atom. The van der Waals surface area contributed by atoms with Gasteiger partial charge < -0.3 is 19.9 Å². The van der Waals surface area contributed by atoms with Gasteiger partial charge in [-0.25, -0.2) is 0 Å². The van der Waals surface area contributed by atoms with Gasteiger partial charge in [-0.3, -0.25) is 10.1 Å². The van der Waals surface area contributed by atoms with Crippen molar-refractivity contribution >= 4 is 21.6 Å². The third-order valence-corrected chi connectivity index (χ3v) is 3.05. The average Bonchev–Trinajstić information content (AvgIpc) is 2.42. The predicted molar refractivity (Wildman–Crippen MR) is 77.0 cm³/mol. The van der Waals surface area contributed by atoms with Crippen LogP contribution in [0.2, 0.25) is 0 Å². The number of hydrogen-bond donors (Lipinski definition) is 2. The third-order valence-electron chi connectivity index (χ3n) is 2.43. The van der Waals surface area contributed by atoms with Crippen molar-refractivity contribution in [1.82, 2.24) is 5.32 Å². The van der Waals surface area contributed by atoms with Crippen molar-refractivity contribution in [2.75, 3.05) is 33.4 Å². The lowest BCUT2D eigenvalue weighted by atomic mass is 10.3. The minimum Gasteiger partial charge on any atom is -0.483 e. The van der Waals surface area contributed by atoms with Crippen LogP contribution >= 0.6 is 15.9 Å². The highest BCUT2D eigenvalue weighted by molar-refractivity contribution is 9.10. The zero-order valence-corrected chi connectivity index (χ0v) is 12.6. The molecular formula is C12H17BrN2O5. The molecule has 0 aliphatic heterocycles. The zero-order valence-electron chi connectivity index (χ0n) is 11.0. The maximum Gasteiger partial charge on any atom is 0.312 e. The fourth-order valence-corrected chi connectivity index (χ4v) is 1.94. The van der Waals surface area contributed by atoms with E-state index in [1.165, 1.54) is 6.07 Å². The second kappa shape index (κ2) is 8.85. The van der Waals surface area contributed by atoms with E-state index in [4.69, 9.17) is 9.47 Å². The van der Waals surface area contributed by atoms with Crippen LogP contribution in [0.25, 0.3) is 0 Å². The molecule has 20 heavy (non-hydrogen) atoms. The number of ether oxygens (including phenoxy) is 2. The van der Waals surface area contributed by atoms with Crippen molar-refractivity contribution in [3.05, 3.63) is 32.8 Å². The van der Waals surface area contributed by atoms with Crippen LogP contribution < -0.4 is 10.1 Å². The summed E-state index contributed by atoms with van der Waals surface area (Å²) < 4.78 is 10.7. The molecule has 0 bridgehead atoms. The molecule has 0 aliphatic rings. The number of halogens is 1. The molecule has 1 unspecified atom stereocenters. The topological polar surface area (TPSA) is 93.9 Å². The maximum absolute atomic E-state index is 10.9. The van der Waals surface area contributed by atoms with Crippen LogP contribution in [0.1, 0.15) is 0 Å². The lowest BCUT2D eigenvalue weighted by Crippen LogP contribution is -2.33. The summed E-state index contributed by atoms with van der Waals surface area (Å²) >= 11 is 3.20. The number of benzene rings is 1. The van der Waals surface area contributed by atoms with Crippen molar-refractivity contribution < 1.29 is 19.5 Å². The Labute approximate surface area is 125 Å². The van der Waals surface area contributed by atoms with Gasteiger partial charge in [0.1, 0.15) is 12.7 Å². The van der Waals surface area contributed by atoms with Crippen LogP contribution in [-0.2, 0) is 4.74 Å². The lowest BCUT2D eigenvalue weighted by molar-refractivity contribution is -0.386. The first-order valence-corrected chi connectivity index (χ1v) is 6.79. The highest BCUT2D eigenvalue weighted by Crippen LogP contribution is 2.34. The summed E-state index contributed by atoms with van der Waals surface area (Å²) in [6.07, 6.45) is -0.765. The molecule has 0 fully saturated rings. The Balaban J connectivity index is 2.50. The smallest absolute Gasteiger partial charge is 0.312 e. The van der Waals surface area contributed by atoms with Gasteiger partial charge in [0.05, 0.1) is 16.0 Å². The molecule has 0 radical (unpaired) electrons. The van der Waals surface area contributed by atoms with E-state index in [0.29, 0.717) is 24.2 Å². The van der Waals surface area contributed by atoms with Crippen molar-refractivity contribution in [2.24, 2.45) is 0 Å². The van der Waals surface area contributed by atoms with E-state index in [2.05, 4.69) is 21.2 Å². The quantitative estimate of drug-likeness (QED) is 0.397. The van der Waals surface area contributed by atoms with Gasteiger partial charge in [-0.05, 0) is 22.0 Å². The van der Waals surface area contributed by atoms with Gasteiger partial charge in [0.15, 0.2) is 0 Å². The fraction of sp³-hybridized carbons (Fsp3) is 0.500. The van der Waals surface area contributed by atoms with Crippen LogP contribution in [0.15, 0.2) is 22.7 Å². The van der Waals surface area contributed by atoms with E-state index in [1.54, 1.807) is 19.2 Å². The maximum atomic E-state index is 10.9. The number of nitro benzene ring substituents is 1. The molecule has 112 valence electrons. The Morgan fingerprint density at radius 2 is 2.30 bits per heavy atom. The molecular weight excluding hydrogens is 332 g/mol. The molecule has 0 saturated carbocycles. The van der Waals surface area contributed by atoms with Gasteiger partial charge >= 0.3 is 5.69 Å². The van der Waals surface area contributed by atoms with Crippen molar-refractivity contribution in [1.29, 1.82) is 0 Å². The molecule has 0 heterocycles. The van der Waals surface area contributed by atoms with E-state index in [9.17, 15) is 15.2 Å². The first-order chi connectivity index (χ1) is 9.56. The summed E-state index contributed by atoms with van der Waals surface area (Å²) in [4.78, 5) is 10.4. The molecule has 1 rings (SSSR count). The van der Waals surface area contributed by atoms with E-state index in [1.807, 2.05) is 0 Å². The normalized spacial score (nSPS) is 12.2. The summed E-state index contributed by atoms with van der Waals surface area (Å²) in [6.45, 7) is 1.44. The van der Waals surface area contributed by atoms with Crippen LogP contribution in [-0.4, -0.2) is 49.5 Å². The number of rotatable bonds is 9. The highest BCUT2D eigenvalue weighted by Gasteiger charge is 2.18. The Hall–Kier alpha value is -1.22. The number of nitrogens with one attached hydrogen (secondary N) is 1. The summed E-state index contributed by atoms with van der Waals surface area (Å²) in [7, 11) is 1.59. The van der Waals surface area contributed by atoms with E-state index < -0.39 is 11.0 Å². The number of hydrogen-bond acceptors (Lipinski definition) is 6. The minimum absolute atomic E-state index is 0.0383. The van der Waals surface area contributed by atoms with Gasteiger partial charge in [-0.1, -0.05) is 6.07 Å². The second-order valence-corrected chi connectivity index (χ2v) is 4.86. The first kappa shape index (κ1) is 16.8. The predicted octanol–water partition coefficient (Wildman–Crippen LogP) is 1.33. The number of nitrogens with zero attached hydrogens (tertiary/aromatic N) is 1. The highest BCUT2D eigenvalue weighted by atomic mass is 79.9. The van der Waals surface area contributed by atoms with Gasteiger partial charge in [0.2, 0.25) is 5.75 Å². The van der Waals surface area contributed by atoms with E-state index >= 15 is 0 Å². The number of aliphatic hydroxyl groups is 1. The molecule has 0 saturated heterocycles. The Kier molecular flexibility index (Phi) is 7.45. The molecule has 0 amide bonds. The molecule has 0 spiro atoms. The van der Waals surface area contributed by atoms with Gasteiger partial charge in [0, 0.05) is 26.3 Å². The lowest BCUT2D eigenvalue weighted by Gasteiger charge is -2.14. The summed E-state index contributed by atoms with van der Waals surface area (Å²) in [6, 6.07) is 4.55. The summed E-state index contributed by atoms with van der Waals surface area (Å²) in [5.74, 6) is 0.119. The number of nitro groups is 1. The Bertz CT molecular complexity index is 444. The third kappa shape index (κ3) is 5.41. The number of methoxy groups -OCH3 is 1.